The highest BCUT2D eigenvalue weighted by Crippen LogP contribution is 2.32. The summed E-state index contributed by atoms with van der Waals surface area (Å²) in [4.78, 5) is 23.2. The molecule has 1 aliphatic rings. The molecule has 2 amide bonds. The molecule has 1 aliphatic carbocycles. The van der Waals surface area contributed by atoms with E-state index in [4.69, 9.17) is 5.73 Å². The van der Waals surface area contributed by atoms with Crippen molar-refractivity contribution in [2.75, 3.05) is 5.32 Å². The molecule has 0 spiro atoms. The van der Waals surface area contributed by atoms with Crippen LogP contribution in [-0.4, -0.2) is 17.4 Å². The molecule has 1 saturated carbocycles. The molecule has 0 radical (unpaired) electrons. The molecule has 5 heteroatoms. The van der Waals surface area contributed by atoms with Gasteiger partial charge in [-0.25, -0.2) is 0 Å². The number of hydrogen-bond donors (Lipinski definition) is 3. The molecule has 0 saturated heterocycles. The minimum Gasteiger partial charge on any atom is -0.350 e. The Kier molecular flexibility index (Phi) is 4.09. The van der Waals surface area contributed by atoms with E-state index in [9.17, 15) is 9.59 Å². The number of nitrogens with one attached hydrogen (secondary N) is 2. The lowest BCUT2D eigenvalue weighted by Gasteiger charge is -2.11. The van der Waals surface area contributed by atoms with E-state index in [0.717, 1.165) is 24.1 Å². The maximum absolute atomic E-state index is 11.7. The SMILES string of the molecule is CC(C)C(=O)Nc1ccc(CNC(=O)C2(N)CC2)cc1. The van der Waals surface area contributed by atoms with Gasteiger partial charge in [0.2, 0.25) is 11.8 Å². The largest absolute Gasteiger partial charge is 0.350 e. The fourth-order valence-corrected chi connectivity index (χ4v) is 1.71. The lowest BCUT2D eigenvalue weighted by Crippen LogP contribution is -2.42. The van der Waals surface area contributed by atoms with Crippen LogP contribution in [0.2, 0.25) is 0 Å². The summed E-state index contributed by atoms with van der Waals surface area (Å²) in [5.41, 5.74) is 6.91. The first-order valence-electron chi connectivity index (χ1n) is 6.88. The van der Waals surface area contributed by atoms with Crippen LogP contribution in [0.4, 0.5) is 5.69 Å². The van der Waals surface area contributed by atoms with Gasteiger partial charge < -0.3 is 16.4 Å². The van der Waals surface area contributed by atoms with Gasteiger partial charge >= 0.3 is 0 Å². The summed E-state index contributed by atoms with van der Waals surface area (Å²) in [5.74, 6) is -0.146. The van der Waals surface area contributed by atoms with Gasteiger partial charge in [-0.3, -0.25) is 9.59 Å². The van der Waals surface area contributed by atoms with E-state index in [1.54, 1.807) is 0 Å². The van der Waals surface area contributed by atoms with Gasteiger partial charge in [0.1, 0.15) is 0 Å². The minimum absolute atomic E-state index is 0.00939. The number of carbonyl (C=O) groups excluding carboxylic acids is 2. The van der Waals surface area contributed by atoms with Gasteiger partial charge in [-0.05, 0) is 30.5 Å². The number of anilines is 1. The van der Waals surface area contributed by atoms with Gasteiger partial charge in [-0.2, -0.15) is 0 Å². The van der Waals surface area contributed by atoms with E-state index < -0.39 is 5.54 Å². The molecule has 4 N–H and O–H groups in total. The highest BCUT2D eigenvalue weighted by molar-refractivity contribution is 5.92. The van der Waals surface area contributed by atoms with Crippen LogP contribution in [0, 0.1) is 5.92 Å². The molecular formula is C15H21N3O2. The predicted molar refractivity (Wildman–Crippen MR) is 77.9 cm³/mol. The molecule has 0 aliphatic heterocycles. The van der Waals surface area contributed by atoms with E-state index in [1.165, 1.54) is 0 Å². The Hall–Kier alpha value is -1.88. The third-order valence-corrected chi connectivity index (χ3v) is 3.44. The number of amides is 2. The zero-order valence-corrected chi connectivity index (χ0v) is 11.9. The molecule has 2 rings (SSSR count). The Labute approximate surface area is 118 Å². The van der Waals surface area contributed by atoms with Crippen molar-refractivity contribution in [1.82, 2.24) is 5.32 Å². The van der Waals surface area contributed by atoms with Gasteiger partial charge in [0.15, 0.2) is 0 Å². The molecule has 0 aromatic heterocycles. The first kappa shape index (κ1) is 14.5. The number of carbonyl (C=O) groups is 2. The highest BCUT2D eigenvalue weighted by atomic mass is 16.2. The van der Waals surface area contributed by atoms with Crippen molar-refractivity contribution in [3.63, 3.8) is 0 Å². The fraction of sp³-hybridized carbons (Fsp3) is 0.467. The maximum Gasteiger partial charge on any atom is 0.240 e. The Bertz CT molecular complexity index is 504. The number of nitrogens with two attached hydrogens (primary N) is 1. The van der Waals surface area contributed by atoms with Crippen molar-refractivity contribution >= 4 is 17.5 Å². The van der Waals surface area contributed by atoms with Gasteiger partial charge in [0.25, 0.3) is 0 Å². The molecular weight excluding hydrogens is 254 g/mol. The molecule has 0 bridgehead atoms. The Morgan fingerprint density at radius 3 is 2.35 bits per heavy atom. The summed E-state index contributed by atoms with van der Waals surface area (Å²) in [5, 5.41) is 5.65. The quantitative estimate of drug-likeness (QED) is 0.759. The van der Waals surface area contributed by atoms with Crippen LogP contribution in [0.5, 0.6) is 0 Å². The van der Waals surface area contributed by atoms with Crippen molar-refractivity contribution in [2.45, 2.75) is 38.8 Å². The second kappa shape index (κ2) is 5.63. The highest BCUT2D eigenvalue weighted by Gasteiger charge is 2.45. The van der Waals surface area contributed by atoms with E-state index in [2.05, 4.69) is 10.6 Å². The molecule has 108 valence electrons. The average molecular weight is 275 g/mol. The molecule has 0 unspecified atom stereocenters. The Morgan fingerprint density at radius 1 is 1.25 bits per heavy atom. The number of benzene rings is 1. The van der Waals surface area contributed by atoms with Crippen LogP contribution in [0.15, 0.2) is 24.3 Å². The number of rotatable bonds is 5. The molecule has 1 aromatic rings. The fourth-order valence-electron chi connectivity index (χ4n) is 1.71. The average Bonchev–Trinajstić information content (AvgIpc) is 3.16. The lowest BCUT2D eigenvalue weighted by molar-refractivity contribution is -0.123. The standard InChI is InChI=1S/C15H21N3O2/c1-10(2)13(19)18-12-5-3-11(4-6-12)9-17-14(20)15(16)7-8-15/h3-6,10H,7-9,16H2,1-2H3,(H,17,20)(H,18,19). The summed E-state index contributed by atoms with van der Waals surface area (Å²) >= 11 is 0. The van der Waals surface area contributed by atoms with Crippen molar-refractivity contribution < 1.29 is 9.59 Å². The third kappa shape index (κ3) is 3.57. The smallest absolute Gasteiger partial charge is 0.240 e. The molecule has 0 atom stereocenters. The van der Waals surface area contributed by atoms with Crippen molar-refractivity contribution in [3.8, 4) is 0 Å². The van der Waals surface area contributed by atoms with Crippen LogP contribution in [0.1, 0.15) is 32.3 Å². The van der Waals surface area contributed by atoms with Crippen molar-refractivity contribution in [3.05, 3.63) is 29.8 Å². The van der Waals surface area contributed by atoms with Gasteiger partial charge in [0.05, 0.1) is 5.54 Å². The minimum atomic E-state index is -0.634. The van der Waals surface area contributed by atoms with E-state index in [1.807, 2.05) is 38.1 Å². The first-order valence-corrected chi connectivity index (χ1v) is 6.88. The Balaban J connectivity index is 1.85. The topological polar surface area (TPSA) is 84.2 Å². The molecule has 5 nitrogen and oxygen atoms in total. The van der Waals surface area contributed by atoms with Crippen LogP contribution in [-0.2, 0) is 16.1 Å². The monoisotopic (exact) mass is 275 g/mol. The predicted octanol–water partition coefficient (Wildman–Crippen LogP) is 1.39. The summed E-state index contributed by atoms with van der Waals surface area (Å²) in [6, 6.07) is 7.42. The summed E-state index contributed by atoms with van der Waals surface area (Å²) < 4.78 is 0. The van der Waals surface area contributed by atoms with E-state index >= 15 is 0 Å². The van der Waals surface area contributed by atoms with Gasteiger partial charge in [-0.15, -0.1) is 0 Å². The normalized spacial score (nSPS) is 15.8. The molecule has 0 heterocycles. The van der Waals surface area contributed by atoms with E-state index in [0.29, 0.717) is 6.54 Å². The van der Waals surface area contributed by atoms with Gasteiger partial charge in [-0.1, -0.05) is 26.0 Å². The van der Waals surface area contributed by atoms with Crippen molar-refractivity contribution in [1.29, 1.82) is 0 Å². The summed E-state index contributed by atoms with van der Waals surface area (Å²) in [7, 11) is 0. The lowest BCUT2D eigenvalue weighted by atomic mass is 10.1. The summed E-state index contributed by atoms with van der Waals surface area (Å²) in [6.45, 7) is 4.15. The van der Waals surface area contributed by atoms with Crippen LogP contribution in [0.3, 0.4) is 0 Å². The zero-order chi connectivity index (χ0) is 14.8. The van der Waals surface area contributed by atoms with Crippen LogP contribution < -0.4 is 16.4 Å². The second-order valence-corrected chi connectivity index (χ2v) is 5.68. The molecule has 20 heavy (non-hydrogen) atoms. The molecule has 1 aromatic carbocycles. The summed E-state index contributed by atoms with van der Waals surface area (Å²) in [6.07, 6.45) is 1.53. The van der Waals surface area contributed by atoms with Crippen LogP contribution in [0.25, 0.3) is 0 Å². The van der Waals surface area contributed by atoms with Crippen LogP contribution >= 0.6 is 0 Å². The van der Waals surface area contributed by atoms with E-state index in [-0.39, 0.29) is 17.7 Å². The van der Waals surface area contributed by atoms with Gasteiger partial charge in [0, 0.05) is 18.2 Å². The molecule has 1 fully saturated rings. The maximum atomic E-state index is 11.7. The second-order valence-electron chi connectivity index (χ2n) is 5.68. The van der Waals surface area contributed by atoms with Crippen molar-refractivity contribution in [2.24, 2.45) is 11.7 Å². The third-order valence-electron chi connectivity index (χ3n) is 3.44. The number of hydrogen-bond acceptors (Lipinski definition) is 3. The Morgan fingerprint density at radius 2 is 1.85 bits per heavy atom. The first-order chi connectivity index (χ1) is 9.40. The zero-order valence-electron chi connectivity index (χ0n) is 11.9.